The van der Waals surface area contributed by atoms with Crippen molar-refractivity contribution in [2.45, 2.75) is 38.3 Å². The Morgan fingerprint density at radius 2 is 1.91 bits per heavy atom. The van der Waals surface area contributed by atoms with E-state index in [1.54, 1.807) is 18.3 Å². The van der Waals surface area contributed by atoms with Crippen LogP contribution in [0.3, 0.4) is 0 Å². The Balaban J connectivity index is 1.41. The molecule has 2 atom stereocenters. The Hall–Kier alpha value is -2.68. The van der Waals surface area contributed by atoms with E-state index in [-0.39, 0.29) is 23.8 Å². The van der Waals surface area contributed by atoms with Crippen molar-refractivity contribution in [3.8, 4) is 5.69 Å². The summed E-state index contributed by atoms with van der Waals surface area (Å²) in [5.74, 6) is 0.449. The Morgan fingerprint density at radius 3 is 2.61 bits per heavy atom. The molecule has 0 bridgehead atoms. The number of halogens is 1. The Kier molecular flexibility index (Phi) is 7.47. The number of aromatic nitrogens is 2. The van der Waals surface area contributed by atoms with Crippen LogP contribution < -0.4 is 10.6 Å². The minimum absolute atomic E-state index is 0.0621. The molecule has 3 aromatic rings. The highest BCUT2D eigenvalue weighted by molar-refractivity contribution is 7.18. The summed E-state index contributed by atoms with van der Waals surface area (Å²) in [5, 5.41) is 6.09. The van der Waals surface area contributed by atoms with Gasteiger partial charge >= 0.3 is 0 Å². The molecule has 7 nitrogen and oxygen atoms in total. The van der Waals surface area contributed by atoms with Crippen LogP contribution in [0.15, 0.2) is 48.8 Å². The maximum absolute atomic E-state index is 13.1. The summed E-state index contributed by atoms with van der Waals surface area (Å²) in [6, 6.07) is 11.0. The zero-order valence-electron chi connectivity index (χ0n) is 18.8. The number of nitrogens with zero attached hydrogens (tertiary/aromatic N) is 3. The van der Waals surface area contributed by atoms with Crippen LogP contribution in [0, 0.1) is 5.92 Å². The fourth-order valence-corrected chi connectivity index (χ4v) is 5.15. The van der Waals surface area contributed by atoms with Crippen molar-refractivity contribution in [1.82, 2.24) is 19.8 Å². The Labute approximate surface area is 202 Å². The maximum atomic E-state index is 13.1. The summed E-state index contributed by atoms with van der Waals surface area (Å²) in [7, 11) is 4.02. The van der Waals surface area contributed by atoms with Gasteiger partial charge in [-0.1, -0.05) is 24.4 Å². The molecule has 0 radical (unpaired) electrons. The average molecular weight is 486 g/mol. The van der Waals surface area contributed by atoms with Gasteiger partial charge in [0, 0.05) is 29.8 Å². The van der Waals surface area contributed by atoms with Gasteiger partial charge in [0.05, 0.1) is 21.7 Å². The van der Waals surface area contributed by atoms with Crippen LogP contribution in [-0.2, 0) is 11.3 Å². The number of imidazole rings is 1. The highest BCUT2D eigenvalue weighted by Crippen LogP contribution is 2.28. The highest BCUT2D eigenvalue weighted by atomic mass is 35.5. The number of carbonyl (C=O) groups is 2. The van der Waals surface area contributed by atoms with Crippen LogP contribution in [0.4, 0.5) is 5.69 Å². The quantitative estimate of drug-likeness (QED) is 0.513. The van der Waals surface area contributed by atoms with E-state index in [0.717, 1.165) is 49.4 Å². The highest BCUT2D eigenvalue weighted by Gasteiger charge is 2.32. The molecule has 0 aliphatic heterocycles. The van der Waals surface area contributed by atoms with Crippen molar-refractivity contribution in [3.63, 3.8) is 0 Å². The number of anilines is 1. The van der Waals surface area contributed by atoms with E-state index in [2.05, 4.69) is 20.5 Å². The summed E-state index contributed by atoms with van der Waals surface area (Å²) in [6.07, 6.45) is 7.23. The van der Waals surface area contributed by atoms with Crippen molar-refractivity contribution in [2.24, 2.45) is 5.92 Å². The standard InChI is InChI=1S/C24H28ClN5O2S/c1-29(2)15-22-26-13-14-30(22)17-9-7-16(8-10-17)27-23(31)18-5-3-4-6-19(18)28-24(32)20-11-12-21(25)33-20/h7-14,18-19H,3-6,15H2,1-2H3,(H,27,31)(H,28,32)/t18-,19+/m0/s1. The molecule has 1 aliphatic carbocycles. The van der Waals surface area contributed by atoms with Gasteiger partial charge in [-0.25, -0.2) is 4.98 Å². The fourth-order valence-electron chi connectivity index (χ4n) is 4.20. The van der Waals surface area contributed by atoms with E-state index in [0.29, 0.717) is 9.21 Å². The smallest absolute Gasteiger partial charge is 0.261 e. The van der Waals surface area contributed by atoms with Crippen molar-refractivity contribution in [2.75, 3.05) is 19.4 Å². The average Bonchev–Trinajstić information content (AvgIpc) is 3.43. The number of hydrogen-bond acceptors (Lipinski definition) is 5. The number of hydrogen-bond donors (Lipinski definition) is 2. The largest absolute Gasteiger partial charge is 0.348 e. The molecule has 1 fully saturated rings. The summed E-state index contributed by atoms with van der Waals surface area (Å²) < 4.78 is 2.61. The Morgan fingerprint density at radius 1 is 1.15 bits per heavy atom. The molecule has 0 saturated heterocycles. The summed E-state index contributed by atoms with van der Waals surface area (Å²) >= 11 is 7.20. The second-order valence-corrected chi connectivity index (χ2v) is 10.3. The molecule has 1 aliphatic rings. The molecule has 33 heavy (non-hydrogen) atoms. The van der Waals surface area contributed by atoms with Crippen LogP contribution in [0.5, 0.6) is 0 Å². The topological polar surface area (TPSA) is 79.3 Å². The van der Waals surface area contributed by atoms with Gasteiger partial charge in [0.15, 0.2) is 0 Å². The Bertz CT molecular complexity index is 1110. The third kappa shape index (κ3) is 5.82. The molecule has 1 aromatic carbocycles. The SMILES string of the molecule is CN(C)Cc1nccn1-c1ccc(NC(=O)[C@H]2CCCC[C@H]2NC(=O)c2ccc(Cl)s2)cc1. The predicted octanol–water partition coefficient (Wildman–Crippen LogP) is 4.58. The molecular weight excluding hydrogens is 458 g/mol. The van der Waals surface area contributed by atoms with Crippen molar-refractivity contribution >= 4 is 40.4 Å². The lowest BCUT2D eigenvalue weighted by atomic mass is 9.83. The molecular formula is C24H28ClN5O2S. The fraction of sp³-hybridized carbons (Fsp3) is 0.375. The van der Waals surface area contributed by atoms with Crippen LogP contribution in [0.1, 0.15) is 41.2 Å². The maximum Gasteiger partial charge on any atom is 0.261 e. The number of nitrogens with one attached hydrogen (secondary N) is 2. The van der Waals surface area contributed by atoms with Gasteiger partial charge in [0.2, 0.25) is 5.91 Å². The third-order valence-electron chi connectivity index (χ3n) is 5.80. The zero-order chi connectivity index (χ0) is 23.4. The number of rotatable bonds is 7. The van der Waals surface area contributed by atoms with Gasteiger partial charge < -0.3 is 20.1 Å². The second kappa shape index (κ2) is 10.5. The van der Waals surface area contributed by atoms with Crippen molar-refractivity contribution in [3.05, 3.63) is 63.8 Å². The minimum atomic E-state index is -0.266. The van der Waals surface area contributed by atoms with E-state index < -0.39 is 0 Å². The van der Waals surface area contributed by atoms with Crippen LogP contribution in [0.25, 0.3) is 5.69 Å². The first-order chi connectivity index (χ1) is 15.9. The summed E-state index contributed by atoms with van der Waals surface area (Å²) in [4.78, 5) is 32.7. The van der Waals surface area contributed by atoms with Gasteiger partial charge in [0.25, 0.3) is 5.91 Å². The lowest BCUT2D eigenvalue weighted by Gasteiger charge is -2.31. The second-order valence-electron chi connectivity index (χ2n) is 8.56. The molecule has 2 heterocycles. The van der Waals surface area contributed by atoms with E-state index >= 15 is 0 Å². The minimum Gasteiger partial charge on any atom is -0.348 e. The first kappa shape index (κ1) is 23.5. The van der Waals surface area contributed by atoms with E-state index in [1.807, 2.05) is 49.1 Å². The summed E-state index contributed by atoms with van der Waals surface area (Å²) in [5.41, 5.74) is 1.72. The molecule has 2 aromatic heterocycles. The molecule has 1 saturated carbocycles. The number of amides is 2. The van der Waals surface area contributed by atoms with Gasteiger partial charge in [-0.3, -0.25) is 9.59 Å². The molecule has 2 amide bonds. The molecule has 0 unspecified atom stereocenters. The normalized spacial score (nSPS) is 18.3. The van der Waals surface area contributed by atoms with E-state index in [9.17, 15) is 9.59 Å². The number of thiophene rings is 1. The van der Waals surface area contributed by atoms with Gasteiger partial charge in [-0.05, 0) is 63.3 Å². The lowest BCUT2D eigenvalue weighted by molar-refractivity contribution is -0.121. The number of carbonyl (C=O) groups excluding carboxylic acids is 2. The molecule has 174 valence electrons. The van der Waals surface area contributed by atoms with E-state index in [1.165, 1.54) is 11.3 Å². The molecule has 4 rings (SSSR count). The van der Waals surface area contributed by atoms with Gasteiger partial charge in [-0.15, -0.1) is 11.3 Å². The zero-order valence-corrected chi connectivity index (χ0v) is 20.3. The van der Waals surface area contributed by atoms with E-state index in [4.69, 9.17) is 11.6 Å². The first-order valence-corrected chi connectivity index (χ1v) is 12.2. The number of benzene rings is 1. The van der Waals surface area contributed by atoms with Crippen molar-refractivity contribution < 1.29 is 9.59 Å². The van der Waals surface area contributed by atoms with Gasteiger partial charge in [-0.2, -0.15) is 0 Å². The van der Waals surface area contributed by atoms with Crippen LogP contribution in [0.2, 0.25) is 4.34 Å². The molecule has 2 N–H and O–H groups in total. The molecule has 9 heteroatoms. The van der Waals surface area contributed by atoms with Gasteiger partial charge in [0.1, 0.15) is 5.82 Å². The monoisotopic (exact) mass is 485 g/mol. The van der Waals surface area contributed by atoms with Crippen LogP contribution in [-0.4, -0.2) is 46.4 Å². The third-order valence-corrected chi connectivity index (χ3v) is 7.03. The van der Waals surface area contributed by atoms with Crippen molar-refractivity contribution in [1.29, 1.82) is 0 Å². The summed E-state index contributed by atoms with van der Waals surface area (Å²) in [6.45, 7) is 0.734. The van der Waals surface area contributed by atoms with Crippen LogP contribution >= 0.6 is 22.9 Å². The molecule has 0 spiro atoms. The lowest BCUT2D eigenvalue weighted by Crippen LogP contribution is -2.46. The predicted molar refractivity (Wildman–Crippen MR) is 132 cm³/mol. The first-order valence-electron chi connectivity index (χ1n) is 11.0.